The van der Waals surface area contributed by atoms with Gasteiger partial charge in [-0.15, -0.1) is 11.3 Å². The van der Waals surface area contributed by atoms with Gasteiger partial charge in [-0.05, 0) is 30.4 Å². The maximum Gasteiger partial charge on any atom is 0.107 e. The van der Waals surface area contributed by atoms with Crippen molar-refractivity contribution in [1.82, 2.24) is 10.3 Å². The standard InChI is InChI=1S/C12H22N2S2/c1-4-15-7-5-6-13-8-12-14-11(9-16-12)10(2)3/h9-10,13H,4-8H2,1-3H3. The summed E-state index contributed by atoms with van der Waals surface area (Å²) in [7, 11) is 0. The minimum atomic E-state index is 0.547. The lowest BCUT2D eigenvalue weighted by Crippen LogP contribution is -2.15. The Kier molecular flexibility index (Phi) is 7.08. The number of nitrogens with zero attached hydrogens (tertiary/aromatic N) is 1. The van der Waals surface area contributed by atoms with Crippen LogP contribution in [0.25, 0.3) is 0 Å². The van der Waals surface area contributed by atoms with E-state index in [0.29, 0.717) is 5.92 Å². The number of nitrogens with one attached hydrogen (secondary N) is 1. The van der Waals surface area contributed by atoms with E-state index in [4.69, 9.17) is 0 Å². The van der Waals surface area contributed by atoms with Crippen LogP contribution in [-0.4, -0.2) is 23.0 Å². The molecular weight excluding hydrogens is 236 g/mol. The summed E-state index contributed by atoms with van der Waals surface area (Å²) in [6, 6.07) is 0. The van der Waals surface area contributed by atoms with Crippen molar-refractivity contribution in [3.63, 3.8) is 0 Å². The lowest BCUT2D eigenvalue weighted by atomic mass is 10.2. The van der Waals surface area contributed by atoms with Crippen LogP contribution in [0.2, 0.25) is 0 Å². The third kappa shape index (κ3) is 5.32. The predicted octanol–water partition coefficient (Wildman–Crippen LogP) is 3.50. The molecule has 0 aliphatic rings. The number of hydrogen-bond acceptors (Lipinski definition) is 4. The summed E-state index contributed by atoms with van der Waals surface area (Å²) in [5.74, 6) is 3.04. The van der Waals surface area contributed by atoms with Gasteiger partial charge in [0.2, 0.25) is 0 Å². The van der Waals surface area contributed by atoms with Crippen molar-refractivity contribution in [2.75, 3.05) is 18.1 Å². The number of hydrogen-bond donors (Lipinski definition) is 1. The van der Waals surface area contributed by atoms with Gasteiger partial charge >= 0.3 is 0 Å². The molecule has 0 bridgehead atoms. The molecule has 0 saturated heterocycles. The summed E-state index contributed by atoms with van der Waals surface area (Å²) < 4.78 is 0. The van der Waals surface area contributed by atoms with E-state index in [2.05, 4.69) is 36.5 Å². The molecule has 92 valence electrons. The van der Waals surface area contributed by atoms with Crippen LogP contribution in [0.5, 0.6) is 0 Å². The molecule has 0 radical (unpaired) electrons. The molecule has 0 unspecified atom stereocenters. The summed E-state index contributed by atoms with van der Waals surface area (Å²) in [5, 5.41) is 6.84. The molecule has 0 atom stereocenters. The van der Waals surface area contributed by atoms with Crippen LogP contribution in [0.1, 0.15) is 43.8 Å². The second-order valence-corrected chi connectivity index (χ2v) is 6.38. The first kappa shape index (κ1) is 14.0. The Labute approximate surface area is 107 Å². The first-order chi connectivity index (χ1) is 7.74. The minimum absolute atomic E-state index is 0.547. The second kappa shape index (κ2) is 8.09. The zero-order valence-electron chi connectivity index (χ0n) is 10.5. The fraction of sp³-hybridized carbons (Fsp3) is 0.750. The quantitative estimate of drug-likeness (QED) is 0.722. The van der Waals surface area contributed by atoms with Crippen LogP contribution in [-0.2, 0) is 6.54 Å². The number of rotatable bonds is 8. The zero-order chi connectivity index (χ0) is 11.8. The molecule has 0 spiro atoms. The highest BCUT2D eigenvalue weighted by molar-refractivity contribution is 7.99. The van der Waals surface area contributed by atoms with Crippen LogP contribution >= 0.6 is 23.1 Å². The topological polar surface area (TPSA) is 24.9 Å². The van der Waals surface area contributed by atoms with Gasteiger partial charge in [0, 0.05) is 11.9 Å². The van der Waals surface area contributed by atoms with Gasteiger partial charge in [0.05, 0.1) is 5.69 Å². The number of thioether (sulfide) groups is 1. The molecule has 0 aliphatic heterocycles. The van der Waals surface area contributed by atoms with Gasteiger partial charge in [0.1, 0.15) is 5.01 Å². The molecule has 0 aromatic carbocycles. The molecule has 1 heterocycles. The van der Waals surface area contributed by atoms with Crippen LogP contribution in [0, 0.1) is 0 Å². The molecule has 1 rings (SSSR count). The van der Waals surface area contributed by atoms with E-state index in [1.54, 1.807) is 11.3 Å². The SMILES string of the molecule is CCSCCCNCc1nc(C(C)C)cs1. The molecule has 1 aromatic rings. The van der Waals surface area contributed by atoms with Crippen LogP contribution in [0.3, 0.4) is 0 Å². The fourth-order valence-electron chi connectivity index (χ4n) is 1.31. The van der Waals surface area contributed by atoms with E-state index in [-0.39, 0.29) is 0 Å². The third-order valence-corrected chi connectivity index (χ3v) is 4.14. The summed E-state index contributed by atoms with van der Waals surface area (Å²) in [5.41, 5.74) is 1.23. The number of aromatic nitrogens is 1. The zero-order valence-corrected chi connectivity index (χ0v) is 12.1. The second-order valence-electron chi connectivity index (χ2n) is 4.05. The highest BCUT2D eigenvalue weighted by atomic mass is 32.2. The van der Waals surface area contributed by atoms with Gasteiger partial charge < -0.3 is 5.32 Å². The lowest BCUT2D eigenvalue weighted by Gasteiger charge is -2.02. The summed E-state index contributed by atoms with van der Waals surface area (Å²) in [4.78, 5) is 4.59. The molecule has 0 aliphatic carbocycles. The van der Waals surface area contributed by atoms with E-state index in [0.717, 1.165) is 13.1 Å². The maximum atomic E-state index is 4.59. The van der Waals surface area contributed by atoms with Crippen molar-refractivity contribution in [3.8, 4) is 0 Å². The average Bonchev–Trinajstić information content (AvgIpc) is 2.72. The monoisotopic (exact) mass is 258 g/mol. The summed E-state index contributed by atoms with van der Waals surface area (Å²) in [6.07, 6.45) is 1.25. The number of thiazole rings is 1. The Hall–Kier alpha value is -0.0600. The average molecular weight is 258 g/mol. The molecule has 4 heteroatoms. The molecule has 1 aromatic heterocycles. The van der Waals surface area contributed by atoms with E-state index in [9.17, 15) is 0 Å². The van der Waals surface area contributed by atoms with Gasteiger partial charge in [-0.1, -0.05) is 20.8 Å². The van der Waals surface area contributed by atoms with Crippen molar-refractivity contribution in [1.29, 1.82) is 0 Å². The molecule has 16 heavy (non-hydrogen) atoms. The van der Waals surface area contributed by atoms with Crippen LogP contribution < -0.4 is 5.32 Å². The predicted molar refractivity (Wildman–Crippen MR) is 75.5 cm³/mol. The van der Waals surface area contributed by atoms with Gasteiger partial charge in [-0.3, -0.25) is 0 Å². The minimum Gasteiger partial charge on any atom is -0.310 e. The Morgan fingerprint density at radius 1 is 1.50 bits per heavy atom. The third-order valence-electron chi connectivity index (χ3n) is 2.28. The molecule has 0 amide bonds. The van der Waals surface area contributed by atoms with Crippen molar-refractivity contribution in [2.45, 2.75) is 39.7 Å². The van der Waals surface area contributed by atoms with Gasteiger partial charge in [0.25, 0.3) is 0 Å². The van der Waals surface area contributed by atoms with E-state index in [1.807, 2.05) is 11.8 Å². The summed E-state index contributed by atoms with van der Waals surface area (Å²) >= 11 is 3.78. The van der Waals surface area contributed by atoms with Crippen LogP contribution in [0.15, 0.2) is 5.38 Å². The van der Waals surface area contributed by atoms with Crippen molar-refractivity contribution >= 4 is 23.1 Å². The van der Waals surface area contributed by atoms with Gasteiger partial charge in [0.15, 0.2) is 0 Å². The highest BCUT2D eigenvalue weighted by Gasteiger charge is 2.04. The van der Waals surface area contributed by atoms with Gasteiger partial charge in [-0.2, -0.15) is 11.8 Å². The van der Waals surface area contributed by atoms with Crippen molar-refractivity contribution in [2.24, 2.45) is 0 Å². The van der Waals surface area contributed by atoms with Crippen LogP contribution in [0.4, 0.5) is 0 Å². The lowest BCUT2D eigenvalue weighted by molar-refractivity contribution is 0.672. The fourth-order valence-corrected chi connectivity index (χ4v) is 2.87. The first-order valence-corrected chi connectivity index (χ1v) is 8.00. The van der Waals surface area contributed by atoms with Gasteiger partial charge in [-0.25, -0.2) is 4.98 Å². The van der Waals surface area contributed by atoms with E-state index in [1.165, 1.54) is 28.6 Å². The van der Waals surface area contributed by atoms with Crippen molar-refractivity contribution < 1.29 is 0 Å². The Morgan fingerprint density at radius 2 is 2.31 bits per heavy atom. The maximum absolute atomic E-state index is 4.59. The molecule has 0 saturated carbocycles. The van der Waals surface area contributed by atoms with E-state index < -0.39 is 0 Å². The highest BCUT2D eigenvalue weighted by Crippen LogP contribution is 2.17. The van der Waals surface area contributed by atoms with Crippen molar-refractivity contribution in [3.05, 3.63) is 16.1 Å². The van der Waals surface area contributed by atoms with E-state index >= 15 is 0 Å². The Bertz CT molecular complexity index is 284. The first-order valence-electron chi connectivity index (χ1n) is 5.96. The summed E-state index contributed by atoms with van der Waals surface area (Å²) in [6.45, 7) is 8.61. The largest absolute Gasteiger partial charge is 0.310 e. The normalized spacial score (nSPS) is 11.2. The Morgan fingerprint density at radius 3 is 2.94 bits per heavy atom. The smallest absolute Gasteiger partial charge is 0.107 e. The Balaban J connectivity index is 2.12. The molecule has 2 nitrogen and oxygen atoms in total. The molecular formula is C12H22N2S2. The molecule has 1 N–H and O–H groups in total. The molecule has 0 fully saturated rings.